The number of benzene rings is 2. The Balaban J connectivity index is 0.000000873. The third-order valence-electron chi connectivity index (χ3n) is 4.37. The van der Waals surface area contributed by atoms with Crippen LogP contribution in [0.5, 0.6) is 0 Å². The Labute approximate surface area is 233 Å². The first-order valence-corrected chi connectivity index (χ1v) is 17.8. The van der Waals surface area contributed by atoms with E-state index in [1.54, 1.807) is 48.5 Å². The molecule has 0 saturated heterocycles. The van der Waals surface area contributed by atoms with Gasteiger partial charge in [0.25, 0.3) is 0 Å². The van der Waals surface area contributed by atoms with Gasteiger partial charge >= 0.3 is 31.5 Å². The van der Waals surface area contributed by atoms with Crippen molar-refractivity contribution in [1.29, 1.82) is 0 Å². The van der Waals surface area contributed by atoms with Crippen molar-refractivity contribution in [3.63, 3.8) is 0 Å². The number of Topliss-reactive ketones (excluding diaryl/α,β-unsaturated/α-hetero) is 1. The number of esters is 1. The van der Waals surface area contributed by atoms with E-state index in [4.69, 9.17) is 22.2 Å². The van der Waals surface area contributed by atoms with E-state index in [2.05, 4.69) is 51.7 Å². The number of rotatable bonds is 12. The minimum absolute atomic E-state index is 0.0498. The Bertz CT molecular complexity index is 985. The van der Waals surface area contributed by atoms with E-state index in [1.807, 2.05) is 13.1 Å². The Morgan fingerprint density at radius 3 is 1.84 bits per heavy atom. The summed E-state index contributed by atoms with van der Waals surface area (Å²) in [7, 11) is 0.716. The normalized spacial score (nSPS) is 10.7. The zero-order valence-corrected chi connectivity index (χ0v) is 25.4. The fraction of sp³-hybridized carbons (Fsp3) is 0.360. The number of carbonyl (C=O) groups is 3. The summed E-state index contributed by atoms with van der Waals surface area (Å²) in [5, 5.41) is 0. The van der Waals surface area contributed by atoms with E-state index < -0.39 is 28.6 Å². The van der Waals surface area contributed by atoms with Gasteiger partial charge in [0.1, 0.15) is 0 Å². The van der Waals surface area contributed by atoms with E-state index in [-0.39, 0.29) is 12.6 Å². The molecule has 10 nitrogen and oxygen atoms in total. The van der Waals surface area contributed by atoms with E-state index in [0.29, 0.717) is 29.2 Å². The summed E-state index contributed by atoms with van der Waals surface area (Å²) in [6.45, 7) is 9.57. The van der Waals surface area contributed by atoms with Crippen molar-refractivity contribution >= 4 is 34.4 Å². The summed E-state index contributed by atoms with van der Waals surface area (Å²) in [5.41, 5.74) is 1.38. The van der Waals surface area contributed by atoms with Gasteiger partial charge in [-0.2, -0.15) is 35.2 Å². The second kappa shape index (κ2) is 18.8. The molecule has 38 heavy (non-hydrogen) atoms. The number of ether oxygens (including phenoxy) is 3. The summed E-state index contributed by atoms with van der Waals surface area (Å²) in [6.07, 6.45) is 0.936. The van der Waals surface area contributed by atoms with Gasteiger partial charge in [-0.3, -0.25) is 9.68 Å². The third kappa shape index (κ3) is 15.1. The van der Waals surface area contributed by atoms with Crippen molar-refractivity contribution in [2.75, 3.05) is 26.4 Å². The molecule has 0 fully saturated rings. The average molecular weight is 610 g/mol. The predicted octanol–water partition coefficient (Wildman–Crippen LogP) is 4.42. The molecule has 0 bridgehead atoms. The van der Waals surface area contributed by atoms with Crippen LogP contribution in [0.3, 0.4) is 0 Å². The van der Waals surface area contributed by atoms with Gasteiger partial charge < -0.3 is 18.3 Å². The van der Waals surface area contributed by atoms with Crippen LogP contribution in [0.4, 0.5) is 0 Å². The molecule has 0 unspecified atom stereocenters. The van der Waals surface area contributed by atoms with Gasteiger partial charge in [0.05, 0.1) is 18.9 Å². The molecule has 0 aliphatic carbocycles. The first-order valence-electron chi connectivity index (χ1n) is 11.2. The number of ketones is 1. The molecule has 0 aliphatic rings. The zero-order valence-electron chi connectivity index (χ0n) is 22.4. The molecule has 0 amide bonds. The van der Waals surface area contributed by atoms with Crippen LogP contribution >= 0.6 is 0 Å². The second-order valence-corrected chi connectivity index (χ2v) is 17.3. The van der Waals surface area contributed by atoms with Crippen LogP contribution in [0.1, 0.15) is 38.0 Å². The van der Waals surface area contributed by atoms with Crippen LogP contribution in [-0.2, 0) is 47.6 Å². The molecule has 0 aromatic heterocycles. The van der Waals surface area contributed by atoms with Crippen LogP contribution in [0.25, 0.3) is 0 Å². The second-order valence-electron chi connectivity index (χ2n) is 8.83. The van der Waals surface area contributed by atoms with Gasteiger partial charge in [-0.1, -0.05) is 12.1 Å². The SMILES string of the molecule is COOC(=O)c1cc[c-]cc1.[CH2-]OC[Si](C)(C)O[Si](C)(C)COCOC(=O)c1ccc(C(C)=O)cc1.[O]=[Co]. The van der Waals surface area contributed by atoms with Crippen molar-refractivity contribution in [1.82, 2.24) is 0 Å². The fourth-order valence-electron chi connectivity index (χ4n) is 3.01. The molecule has 2 rings (SSSR count). The molecule has 0 saturated carbocycles. The first kappa shape index (κ1) is 35.6. The topological polar surface area (TPSA) is 124 Å². The summed E-state index contributed by atoms with van der Waals surface area (Å²) in [5.74, 6) is -1.04. The molecule has 0 aliphatic heterocycles. The van der Waals surface area contributed by atoms with Gasteiger partial charge in [-0.05, 0) is 50.8 Å². The predicted molar refractivity (Wildman–Crippen MR) is 138 cm³/mol. The summed E-state index contributed by atoms with van der Waals surface area (Å²) < 4.78 is 29.7. The van der Waals surface area contributed by atoms with Crippen LogP contribution in [0, 0.1) is 13.2 Å². The summed E-state index contributed by atoms with van der Waals surface area (Å²) in [4.78, 5) is 42.5. The standard InChI is InChI=1S/C17H27O6Si2.C8H7O3.Co.O/c1-14(18)15-7-9-16(10-8-15)17(19)22-11-21-13-25(5,6)23-24(3,4)12-20-2;1-10-11-8(9)7-5-3-2-4-6-7;;/h7-10H,2,11-13H2,1,3-6H3;3-6H,1H3;;/q2*-1;;. The number of hydrogen-bond donors (Lipinski definition) is 0. The minimum atomic E-state index is -2.04. The molecule has 0 atom stereocenters. The average Bonchev–Trinajstić information content (AvgIpc) is 2.88. The third-order valence-corrected chi connectivity index (χ3v) is 10.6. The Morgan fingerprint density at radius 2 is 1.34 bits per heavy atom. The van der Waals surface area contributed by atoms with Crippen LogP contribution in [0.15, 0.2) is 48.5 Å². The zero-order chi connectivity index (χ0) is 29.2. The van der Waals surface area contributed by atoms with Crippen molar-refractivity contribution < 1.29 is 62.0 Å². The number of hydrogen-bond acceptors (Lipinski definition) is 10. The number of carbonyl (C=O) groups excluding carboxylic acids is 3. The maximum absolute atomic E-state index is 11.9. The molecule has 0 heterocycles. The summed E-state index contributed by atoms with van der Waals surface area (Å²) in [6, 6.07) is 15.6. The summed E-state index contributed by atoms with van der Waals surface area (Å²) >= 11 is 2.31. The molecule has 2 aromatic carbocycles. The van der Waals surface area contributed by atoms with Crippen LogP contribution in [0.2, 0.25) is 26.2 Å². The first-order chi connectivity index (χ1) is 17.9. The Morgan fingerprint density at radius 1 is 0.842 bits per heavy atom. The van der Waals surface area contributed by atoms with E-state index in [0.717, 1.165) is 0 Å². The monoisotopic (exact) mass is 609 g/mol. The van der Waals surface area contributed by atoms with Crippen molar-refractivity contribution in [2.24, 2.45) is 0 Å². The molecular weight excluding hydrogens is 575 g/mol. The van der Waals surface area contributed by atoms with Gasteiger partial charge in [0, 0.05) is 11.8 Å². The molecule has 213 valence electrons. The van der Waals surface area contributed by atoms with Crippen molar-refractivity contribution in [2.45, 2.75) is 33.1 Å². The van der Waals surface area contributed by atoms with Gasteiger partial charge in [0.2, 0.25) is 0 Å². The van der Waals surface area contributed by atoms with Crippen molar-refractivity contribution in [3.05, 3.63) is 78.4 Å². The van der Waals surface area contributed by atoms with E-state index in [1.165, 1.54) is 14.0 Å². The van der Waals surface area contributed by atoms with E-state index >= 15 is 0 Å². The molecular formula is C25H34CoO10Si2-2. The quantitative estimate of drug-likeness (QED) is 0.0499. The molecule has 0 spiro atoms. The molecule has 13 heteroatoms. The van der Waals surface area contributed by atoms with Gasteiger partial charge in [0.15, 0.2) is 29.2 Å². The molecule has 0 radical (unpaired) electrons. The molecule has 0 N–H and O–H groups in total. The van der Waals surface area contributed by atoms with Gasteiger partial charge in [-0.15, -0.1) is 0 Å². The van der Waals surface area contributed by atoms with Crippen molar-refractivity contribution in [3.8, 4) is 0 Å². The fourth-order valence-corrected chi connectivity index (χ4v) is 10.5. The van der Waals surface area contributed by atoms with Crippen LogP contribution in [-0.4, -0.2) is 60.7 Å². The molecule has 2 aromatic rings. The Hall–Kier alpha value is -2.37. The maximum atomic E-state index is 11.9. The van der Waals surface area contributed by atoms with E-state index in [9.17, 15) is 14.4 Å². The Kier molecular flexibility index (Phi) is 17.6. The van der Waals surface area contributed by atoms with Crippen LogP contribution < -0.4 is 0 Å². The van der Waals surface area contributed by atoms with Gasteiger partial charge in [-0.25, -0.2) is 16.7 Å².